The second-order valence-corrected chi connectivity index (χ2v) is 9.14. The first-order chi connectivity index (χ1) is 15.7. The molecule has 4 rings (SSSR count). The highest BCUT2D eigenvalue weighted by atomic mass is 16.7. The van der Waals surface area contributed by atoms with Crippen LogP contribution in [0.1, 0.15) is 38.8 Å². The summed E-state index contributed by atoms with van der Waals surface area (Å²) in [5.41, 5.74) is 2.61. The lowest BCUT2D eigenvalue weighted by atomic mass is 9.76. The summed E-state index contributed by atoms with van der Waals surface area (Å²) in [4.78, 5) is 16.8. The first kappa shape index (κ1) is 23.0. The molecule has 33 heavy (non-hydrogen) atoms. The van der Waals surface area contributed by atoms with Crippen molar-refractivity contribution in [2.75, 3.05) is 6.54 Å². The normalized spacial score (nSPS) is 17.2. The van der Waals surface area contributed by atoms with E-state index >= 15 is 0 Å². The minimum atomic E-state index is -0.601. The monoisotopic (exact) mass is 444 g/mol. The predicted octanol–water partition coefficient (Wildman–Crippen LogP) is 5.18. The molecule has 6 nitrogen and oxygen atoms in total. The minimum absolute atomic E-state index is 0.206. The Balaban J connectivity index is 1.55. The van der Waals surface area contributed by atoms with Crippen LogP contribution in [0.5, 0.6) is 0 Å². The molecule has 0 bridgehead atoms. The van der Waals surface area contributed by atoms with Gasteiger partial charge in [0.15, 0.2) is 0 Å². The summed E-state index contributed by atoms with van der Waals surface area (Å²) in [7, 11) is -0.601. The number of ether oxygens (including phenoxy) is 1. The molecule has 1 N–H and O–H groups in total. The van der Waals surface area contributed by atoms with Gasteiger partial charge in [-0.1, -0.05) is 54.6 Å². The van der Waals surface area contributed by atoms with Crippen LogP contribution in [0.15, 0.2) is 72.3 Å². The van der Waals surface area contributed by atoms with Gasteiger partial charge in [-0.2, -0.15) is 0 Å². The number of benzene rings is 2. The van der Waals surface area contributed by atoms with E-state index in [4.69, 9.17) is 14.0 Å². The maximum absolute atomic E-state index is 12.4. The largest absolute Gasteiger partial charge is 0.492 e. The Morgan fingerprint density at radius 1 is 1.00 bits per heavy atom. The maximum Gasteiger partial charge on any atom is 0.492 e. The third kappa shape index (κ3) is 5.26. The average Bonchev–Trinajstić information content (AvgIpc) is 3.02. The Morgan fingerprint density at radius 2 is 1.73 bits per heavy atom. The van der Waals surface area contributed by atoms with Crippen molar-refractivity contribution in [3.8, 4) is 0 Å². The Labute approximate surface area is 195 Å². The molecule has 2 heterocycles. The average molecular weight is 444 g/mol. The summed E-state index contributed by atoms with van der Waals surface area (Å²) in [6.45, 7) is 8.46. The van der Waals surface area contributed by atoms with Crippen LogP contribution in [0, 0.1) is 0 Å². The highest BCUT2D eigenvalue weighted by Crippen LogP contribution is 2.39. The van der Waals surface area contributed by atoms with Crippen LogP contribution in [-0.4, -0.2) is 35.9 Å². The Bertz CT molecular complexity index is 1140. The topological polar surface area (TPSA) is 69.7 Å². The van der Waals surface area contributed by atoms with Gasteiger partial charge in [0.2, 0.25) is 0 Å². The first-order valence-corrected chi connectivity index (χ1v) is 11.1. The van der Waals surface area contributed by atoms with Crippen LogP contribution in [-0.2, 0) is 20.7 Å². The fraction of sp³-hybridized carbons (Fsp3) is 0.308. The number of aromatic nitrogens is 1. The minimum Gasteiger partial charge on any atom is -0.445 e. The van der Waals surface area contributed by atoms with Gasteiger partial charge in [0.1, 0.15) is 6.61 Å². The van der Waals surface area contributed by atoms with E-state index < -0.39 is 24.4 Å². The lowest BCUT2D eigenvalue weighted by molar-refractivity contribution is 0.00578. The van der Waals surface area contributed by atoms with Gasteiger partial charge in [0, 0.05) is 18.1 Å². The summed E-state index contributed by atoms with van der Waals surface area (Å²) in [5.74, 6) is 0. The summed E-state index contributed by atoms with van der Waals surface area (Å²) in [6, 6.07) is 19.5. The van der Waals surface area contributed by atoms with Crippen LogP contribution in [0.2, 0.25) is 0 Å². The number of alkyl carbamates (subject to hydrolysis) is 1. The highest BCUT2D eigenvalue weighted by molar-refractivity contribution is 6.56. The lowest BCUT2D eigenvalue weighted by Gasteiger charge is -2.32. The van der Waals surface area contributed by atoms with Crippen molar-refractivity contribution in [2.45, 2.75) is 45.5 Å². The van der Waals surface area contributed by atoms with Gasteiger partial charge in [-0.25, -0.2) is 4.79 Å². The molecule has 0 saturated carbocycles. The molecule has 1 saturated heterocycles. The van der Waals surface area contributed by atoms with E-state index in [2.05, 4.69) is 10.3 Å². The molecule has 1 aliphatic rings. The molecular weight excluding hydrogens is 415 g/mol. The van der Waals surface area contributed by atoms with Crippen molar-refractivity contribution < 1.29 is 18.8 Å². The summed E-state index contributed by atoms with van der Waals surface area (Å²) >= 11 is 0. The number of nitrogens with one attached hydrogen (secondary N) is 1. The van der Waals surface area contributed by atoms with E-state index in [1.807, 2.05) is 94.4 Å². The number of amides is 1. The van der Waals surface area contributed by atoms with E-state index in [0.29, 0.717) is 0 Å². The van der Waals surface area contributed by atoms with E-state index in [1.54, 1.807) is 6.20 Å². The number of carbonyl (C=O) groups excluding carboxylic acids is 1. The molecule has 0 aliphatic carbocycles. The number of rotatable bonds is 6. The maximum atomic E-state index is 12.4. The Morgan fingerprint density at radius 3 is 2.45 bits per heavy atom. The smallest absolute Gasteiger partial charge is 0.445 e. The van der Waals surface area contributed by atoms with Crippen LogP contribution in [0.3, 0.4) is 0 Å². The van der Waals surface area contributed by atoms with Crippen LogP contribution in [0.4, 0.5) is 4.79 Å². The van der Waals surface area contributed by atoms with Gasteiger partial charge in [0.05, 0.1) is 16.7 Å². The molecule has 0 unspecified atom stereocenters. The molecule has 2 aromatic carbocycles. The molecule has 1 aromatic heterocycles. The van der Waals surface area contributed by atoms with E-state index in [0.717, 1.165) is 27.5 Å². The molecule has 0 radical (unpaired) electrons. The van der Waals surface area contributed by atoms with E-state index in [9.17, 15) is 4.79 Å². The van der Waals surface area contributed by atoms with Crippen LogP contribution in [0.25, 0.3) is 17.0 Å². The molecule has 1 amide bonds. The predicted molar refractivity (Wildman–Crippen MR) is 130 cm³/mol. The van der Waals surface area contributed by atoms with E-state index in [-0.39, 0.29) is 13.2 Å². The number of fused-ring (bicyclic) bond motifs is 1. The lowest BCUT2D eigenvalue weighted by Crippen LogP contribution is -2.41. The van der Waals surface area contributed by atoms with Crippen molar-refractivity contribution in [2.24, 2.45) is 0 Å². The number of hydrogen-bond acceptors (Lipinski definition) is 5. The van der Waals surface area contributed by atoms with Gasteiger partial charge in [-0.3, -0.25) is 4.98 Å². The van der Waals surface area contributed by atoms with Crippen molar-refractivity contribution in [3.63, 3.8) is 0 Å². The zero-order valence-electron chi connectivity index (χ0n) is 19.5. The number of carbonyl (C=O) groups is 1. The third-order valence-electron chi connectivity index (χ3n) is 6.23. The zero-order chi connectivity index (χ0) is 23.5. The van der Waals surface area contributed by atoms with Crippen molar-refractivity contribution in [1.29, 1.82) is 0 Å². The SMILES string of the molecule is CC1(C)OB(C(=Cc2cccc3ncccc23)CNC(=O)OCc2ccccc2)OC1(C)C. The number of nitrogens with zero attached hydrogens (tertiary/aromatic N) is 1. The summed E-state index contributed by atoms with van der Waals surface area (Å²) < 4.78 is 17.9. The Kier molecular flexibility index (Phi) is 6.54. The van der Waals surface area contributed by atoms with Gasteiger partial charge in [-0.05, 0) is 56.4 Å². The zero-order valence-corrected chi connectivity index (χ0v) is 19.5. The van der Waals surface area contributed by atoms with Gasteiger partial charge >= 0.3 is 13.2 Å². The standard InChI is InChI=1S/C26H29BN2O4/c1-25(2)26(3,4)33-27(32-25)21(16-20-12-8-14-23-22(20)13-9-15-28-23)17-29-24(30)31-18-19-10-6-5-7-11-19/h5-16H,17-18H2,1-4H3,(H,29,30). The second kappa shape index (κ2) is 9.37. The second-order valence-electron chi connectivity index (χ2n) is 9.14. The van der Waals surface area contributed by atoms with Gasteiger partial charge in [0.25, 0.3) is 0 Å². The quantitative estimate of drug-likeness (QED) is 0.531. The summed E-state index contributed by atoms with van der Waals surface area (Å²) in [5, 5.41) is 3.86. The van der Waals surface area contributed by atoms with Crippen molar-refractivity contribution in [1.82, 2.24) is 10.3 Å². The fourth-order valence-corrected chi connectivity index (χ4v) is 3.60. The van der Waals surface area contributed by atoms with Crippen LogP contribution < -0.4 is 5.32 Å². The molecule has 1 aliphatic heterocycles. The summed E-state index contributed by atoms with van der Waals surface area (Å²) in [6.07, 6.45) is 3.28. The third-order valence-corrected chi connectivity index (χ3v) is 6.23. The molecule has 7 heteroatoms. The van der Waals surface area contributed by atoms with Crippen molar-refractivity contribution >= 4 is 30.2 Å². The van der Waals surface area contributed by atoms with Gasteiger partial charge < -0.3 is 19.4 Å². The fourth-order valence-electron chi connectivity index (χ4n) is 3.60. The van der Waals surface area contributed by atoms with E-state index in [1.165, 1.54) is 0 Å². The van der Waals surface area contributed by atoms with Crippen molar-refractivity contribution in [3.05, 3.63) is 83.5 Å². The molecule has 0 atom stereocenters. The molecular formula is C26H29BN2O4. The first-order valence-electron chi connectivity index (χ1n) is 11.1. The van der Waals surface area contributed by atoms with Gasteiger partial charge in [-0.15, -0.1) is 0 Å². The number of hydrogen-bond donors (Lipinski definition) is 1. The molecule has 0 spiro atoms. The van der Waals surface area contributed by atoms with Crippen LogP contribution >= 0.6 is 0 Å². The number of pyridine rings is 1. The molecule has 1 fully saturated rings. The highest BCUT2D eigenvalue weighted by Gasteiger charge is 2.52. The molecule has 170 valence electrons. The molecule has 3 aromatic rings. The Hall–Kier alpha value is -3.16.